The van der Waals surface area contributed by atoms with Crippen LogP contribution in [0.1, 0.15) is 13.8 Å². The Morgan fingerprint density at radius 3 is 2.62 bits per heavy atom. The zero-order valence-corrected chi connectivity index (χ0v) is 13.5. The summed E-state index contributed by atoms with van der Waals surface area (Å²) in [5.74, 6) is -0.535. The van der Waals surface area contributed by atoms with Gasteiger partial charge in [0, 0.05) is 6.54 Å². The summed E-state index contributed by atoms with van der Waals surface area (Å²) in [6, 6.07) is -0.610. The third-order valence-corrected chi connectivity index (χ3v) is 3.39. The van der Waals surface area contributed by atoms with Gasteiger partial charge in [0.1, 0.15) is 11.1 Å². The Bertz CT molecular complexity index is 556. The molecule has 1 atom stereocenters. The highest BCUT2D eigenvalue weighted by Gasteiger charge is 2.21. The maximum absolute atomic E-state index is 12.1. The summed E-state index contributed by atoms with van der Waals surface area (Å²) in [7, 11) is 3.81. The van der Waals surface area contributed by atoms with Crippen molar-refractivity contribution in [3.8, 4) is 0 Å². The number of likely N-dealkylation sites (N-methyl/N-ethyl adjacent to an activating group) is 1. The number of nitrogens with one attached hydrogen (secondary N) is 1. The van der Waals surface area contributed by atoms with Gasteiger partial charge >= 0.3 is 0 Å². The summed E-state index contributed by atoms with van der Waals surface area (Å²) < 4.78 is 1.29. The van der Waals surface area contributed by atoms with Gasteiger partial charge in [0.05, 0.1) is 18.4 Å². The molecule has 1 aromatic rings. The molecule has 0 aliphatic carbocycles. The normalized spacial score (nSPS) is 12.7. The van der Waals surface area contributed by atoms with Crippen LogP contribution in [0.2, 0.25) is 5.02 Å². The quantitative estimate of drug-likeness (QED) is 0.759. The number of nitrogens with zero attached hydrogens (tertiary/aromatic N) is 3. The molecule has 0 bridgehead atoms. The van der Waals surface area contributed by atoms with E-state index < -0.39 is 17.5 Å². The van der Waals surface area contributed by atoms with E-state index in [0.29, 0.717) is 18.8 Å². The Morgan fingerprint density at radius 1 is 1.52 bits per heavy atom. The number of carbonyl (C=O) groups excluding carboxylic acids is 1. The van der Waals surface area contributed by atoms with Crippen molar-refractivity contribution in [3.63, 3.8) is 0 Å². The van der Waals surface area contributed by atoms with Crippen molar-refractivity contribution in [2.45, 2.75) is 26.4 Å². The molecule has 118 valence electrons. The zero-order valence-electron chi connectivity index (χ0n) is 12.8. The molecule has 1 amide bonds. The molecule has 0 aliphatic heterocycles. The number of nitrogens with two attached hydrogens (primary N) is 1. The molecule has 1 aromatic heterocycles. The highest BCUT2D eigenvalue weighted by atomic mass is 35.5. The Hall–Kier alpha value is -1.60. The van der Waals surface area contributed by atoms with E-state index in [4.69, 9.17) is 17.3 Å². The van der Waals surface area contributed by atoms with Crippen molar-refractivity contribution in [2.75, 3.05) is 26.0 Å². The minimum absolute atomic E-state index is 0.00987. The maximum atomic E-state index is 12.1. The number of anilines is 1. The molecule has 0 saturated carbocycles. The Labute approximate surface area is 129 Å². The number of carbonyl (C=O) groups is 1. The average molecular weight is 316 g/mol. The van der Waals surface area contributed by atoms with E-state index in [9.17, 15) is 9.59 Å². The van der Waals surface area contributed by atoms with Crippen LogP contribution < -0.4 is 16.6 Å². The van der Waals surface area contributed by atoms with Crippen LogP contribution in [0, 0.1) is 5.92 Å². The molecule has 0 saturated heterocycles. The first-order valence-corrected chi connectivity index (χ1v) is 7.08. The van der Waals surface area contributed by atoms with Gasteiger partial charge in [-0.25, -0.2) is 4.68 Å². The second-order valence-corrected chi connectivity index (χ2v) is 5.85. The summed E-state index contributed by atoms with van der Waals surface area (Å²) in [6.45, 7) is 4.81. The second kappa shape index (κ2) is 7.42. The smallest absolute Gasteiger partial charge is 0.287 e. The van der Waals surface area contributed by atoms with Crippen LogP contribution >= 0.6 is 11.6 Å². The molecule has 0 radical (unpaired) electrons. The van der Waals surface area contributed by atoms with E-state index in [0.717, 1.165) is 0 Å². The van der Waals surface area contributed by atoms with Gasteiger partial charge in [-0.05, 0) is 20.0 Å². The number of hydrogen-bond donors (Lipinski definition) is 2. The van der Waals surface area contributed by atoms with Crippen molar-refractivity contribution < 1.29 is 4.79 Å². The lowest BCUT2D eigenvalue weighted by Crippen LogP contribution is -2.40. The molecular weight excluding hydrogens is 294 g/mol. The predicted molar refractivity (Wildman–Crippen MR) is 83.5 cm³/mol. The fourth-order valence-corrected chi connectivity index (χ4v) is 1.95. The van der Waals surface area contributed by atoms with Gasteiger partial charge in [-0.3, -0.25) is 9.59 Å². The largest absolute Gasteiger partial charge is 0.371 e. The van der Waals surface area contributed by atoms with E-state index >= 15 is 0 Å². The molecule has 0 fully saturated rings. The van der Waals surface area contributed by atoms with E-state index in [1.807, 2.05) is 32.8 Å². The minimum atomic E-state index is -0.610. The first-order chi connectivity index (χ1) is 9.73. The first-order valence-electron chi connectivity index (χ1n) is 6.70. The predicted octanol–water partition coefficient (Wildman–Crippen LogP) is 0.380. The van der Waals surface area contributed by atoms with Gasteiger partial charge in [0.25, 0.3) is 5.56 Å². The van der Waals surface area contributed by atoms with Crippen LogP contribution in [0.3, 0.4) is 0 Å². The van der Waals surface area contributed by atoms with Gasteiger partial charge in [0.2, 0.25) is 5.91 Å². The molecule has 7 nitrogen and oxygen atoms in total. The summed E-state index contributed by atoms with van der Waals surface area (Å²) in [5.41, 5.74) is 5.26. The van der Waals surface area contributed by atoms with Crippen molar-refractivity contribution in [2.24, 2.45) is 11.7 Å². The lowest BCUT2D eigenvalue weighted by atomic mass is 10.0. The highest BCUT2D eigenvalue weighted by molar-refractivity contribution is 6.33. The molecular formula is C13H22ClN5O2. The number of hydrogen-bond acceptors (Lipinski definition) is 5. The van der Waals surface area contributed by atoms with Crippen molar-refractivity contribution in [1.29, 1.82) is 0 Å². The third kappa shape index (κ3) is 4.71. The van der Waals surface area contributed by atoms with Gasteiger partial charge in [0.15, 0.2) is 0 Å². The number of aromatic nitrogens is 2. The summed E-state index contributed by atoms with van der Waals surface area (Å²) in [5, 5.41) is 6.96. The molecule has 1 unspecified atom stereocenters. The van der Waals surface area contributed by atoms with E-state index in [1.165, 1.54) is 10.9 Å². The van der Waals surface area contributed by atoms with Crippen molar-refractivity contribution in [1.82, 2.24) is 14.7 Å². The number of primary amides is 1. The van der Waals surface area contributed by atoms with E-state index in [-0.39, 0.29) is 10.9 Å². The van der Waals surface area contributed by atoms with Gasteiger partial charge < -0.3 is 16.0 Å². The van der Waals surface area contributed by atoms with E-state index in [1.54, 1.807) is 0 Å². The standard InChI is InChI=1S/C13H22ClN5O2/c1-8(2)11(12(15)20)17-9-7-16-19(6-5-18(3)4)13(21)10(9)14/h7-8,11,17H,5-6H2,1-4H3,(H2,15,20). The summed E-state index contributed by atoms with van der Waals surface area (Å²) in [6.07, 6.45) is 1.44. The number of amides is 1. The fourth-order valence-electron chi connectivity index (χ4n) is 1.75. The Balaban J connectivity index is 2.99. The molecule has 3 N–H and O–H groups in total. The molecule has 8 heteroatoms. The van der Waals surface area contributed by atoms with Crippen molar-refractivity contribution >= 4 is 23.2 Å². The lowest BCUT2D eigenvalue weighted by molar-refractivity contribution is -0.119. The lowest BCUT2D eigenvalue weighted by Gasteiger charge is -2.20. The van der Waals surface area contributed by atoms with Gasteiger partial charge in [-0.2, -0.15) is 5.10 Å². The van der Waals surface area contributed by atoms with Crippen LogP contribution in [0.4, 0.5) is 5.69 Å². The molecule has 0 aliphatic rings. The van der Waals surface area contributed by atoms with Crippen LogP contribution in [-0.4, -0.2) is 47.3 Å². The van der Waals surface area contributed by atoms with Crippen LogP contribution in [-0.2, 0) is 11.3 Å². The highest BCUT2D eigenvalue weighted by Crippen LogP contribution is 2.18. The molecule has 0 aromatic carbocycles. The Morgan fingerprint density at radius 2 is 2.14 bits per heavy atom. The van der Waals surface area contributed by atoms with Crippen LogP contribution in [0.5, 0.6) is 0 Å². The molecule has 1 rings (SSSR count). The van der Waals surface area contributed by atoms with Gasteiger partial charge in [-0.1, -0.05) is 25.4 Å². The first kappa shape index (κ1) is 17.5. The molecule has 1 heterocycles. The monoisotopic (exact) mass is 315 g/mol. The SMILES string of the molecule is CC(C)C(Nc1cnn(CCN(C)C)c(=O)c1Cl)C(N)=O. The average Bonchev–Trinajstić information content (AvgIpc) is 2.38. The van der Waals surface area contributed by atoms with Crippen molar-refractivity contribution in [3.05, 3.63) is 21.6 Å². The molecule has 21 heavy (non-hydrogen) atoms. The van der Waals surface area contributed by atoms with Gasteiger partial charge in [-0.15, -0.1) is 0 Å². The number of rotatable bonds is 7. The summed E-state index contributed by atoms with van der Waals surface area (Å²) >= 11 is 6.07. The van der Waals surface area contributed by atoms with Crippen LogP contribution in [0.25, 0.3) is 0 Å². The third-order valence-electron chi connectivity index (χ3n) is 3.03. The number of halogens is 1. The Kier molecular flexibility index (Phi) is 6.17. The fraction of sp³-hybridized carbons (Fsp3) is 0.615. The topological polar surface area (TPSA) is 93.2 Å². The zero-order chi connectivity index (χ0) is 16.2. The molecule has 0 spiro atoms. The van der Waals surface area contributed by atoms with Crippen LogP contribution in [0.15, 0.2) is 11.0 Å². The second-order valence-electron chi connectivity index (χ2n) is 5.47. The minimum Gasteiger partial charge on any atom is -0.371 e. The summed E-state index contributed by atoms with van der Waals surface area (Å²) in [4.78, 5) is 25.5. The maximum Gasteiger partial charge on any atom is 0.287 e. The van der Waals surface area contributed by atoms with E-state index in [2.05, 4.69) is 10.4 Å².